The molecule has 0 spiro atoms. The van der Waals surface area contributed by atoms with Crippen molar-refractivity contribution in [3.05, 3.63) is 46.9 Å². The van der Waals surface area contributed by atoms with Gasteiger partial charge in [-0.05, 0) is 30.3 Å². The molecule has 0 radical (unpaired) electrons. The van der Waals surface area contributed by atoms with Gasteiger partial charge in [0.15, 0.2) is 11.5 Å². The second kappa shape index (κ2) is 7.75. The highest BCUT2D eigenvalue weighted by atomic mass is 79.9. The number of aliphatic carboxylic acids is 1. The number of carbonyl (C=O) groups is 1. The molecule has 0 aliphatic carbocycles. The standard InChI is InChI=1S/C16H16BrNO6S/c1-23-14-7-6-13(9-15(14)24-2)25(21,22)18(10-16(19)20)12-5-3-4-11(17)8-12/h3-9H,10H2,1-2H3,(H,19,20). The quantitative estimate of drug-likeness (QED) is 0.726. The lowest BCUT2D eigenvalue weighted by atomic mass is 10.3. The van der Waals surface area contributed by atoms with E-state index in [0.717, 1.165) is 4.31 Å². The van der Waals surface area contributed by atoms with Crippen LogP contribution in [0.15, 0.2) is 51.8 Å². The molecular weight excluding hydrogens is 414 g/mol. The van der Waals surface area contributed by atoms with Crippen LogP contribution >= 0.6 is 15.9 Å². The van der Waals surface area contributed by atoms with E-state index >= 15 is 0 Å². The molecule has 0 unspecified atom stereocenters. The monoisotopic (exact) mass is 429 g/mol. The van der Waals surface area contributed by atoms with Crippen molar-refractivity contribution < 1.29 is 27.8 Å². The first-order valence-corrected chi connectivity index (χ1v) is 9.25. The molecule has 0 bridgehead atoms. The lowest BCUT2D eigenvalue weighted by Gasteiger charge is -2.23. The van der Waals surface area contributed by atoms with Gasteiger partial charge in [-0.2, -0.15) is 0 Å². The molecule has 2 aromatic rings. The van der Waals surface area contributed by atoms with Crippen molar-refractivity contribution in [2.24, 2.45) is 0 Å². The van der Waals surface area contributed by atoms with Gasteiger partial charge >= 0.3 is 5.97 Å². The zero-order chi connectivity index (χ0) is 18.6. The molecule has 0 amide bonds. The molecule has 0 fully saturated rings. The topological polar surface area (TPSA) is 93.1 Å². The molecule has 2 rings (SSSR count). The van der Waals surface area contributed by atoms with Crippen molar-refractivity contribution in [2.75, 3.05) is 25.1 Å². The second-order valence-corrected chi connectivity index (χ2v) is 7.68. The van der Waals surface area contributed by atoms with E-state index in [-0.39, 0.29) is 16.3 Å². The van der Waals surface area contributed by atoms with Gasteiger partial charge in [0.1, 0.15) is 6.54 Å². The fourth-order valence-electron chi connectivity index (χ4n) is 2.17. The summed E-state index contributed by atoms with van der Waals surface area (Å²) in [5.41, 5.74) is 0.228. The van der Waals surface area contributed by atoms with Crippen LogP contribution in [0.25, 0.3) is 0 Å². The lowest BCUT2D eigenvalue weighted by molar-refractivity contribution is -0.135. The van der Waals surface area contributed by atoms with Crippen LogP contribution in [0.1, 0.15) is 0 Å². The van der Waals surface area contributed by atoms with E-state index in [1.165, 1.54) is 44.6 Å². The molecule has 0 heterocycles. The van der Waals surface area contributed by atoms with Gasteiger partial charge in [0.25, 0.3) is 10.0 Å². The third-order valence-corrected chi connectivity index (χ3v) is 5.58. The molecule has 0 saturated heterocycles. The maximum Gasteiger partial charge on any atom is 0.324 e. The Bertz CT molecular complexity index is 884. The summed E-state index contributed by atoms with van der Waals surface area (Å²) in [7, 11) is -1.31. The largest absolute Gasteiger partial charge is 0.493 e. The Morgan fingerprint density at radius 3 is 2.36 bits per heavy atom. The zero-order valence-electron chi connectivity index (χ0n) is 13.5. The van der Waals surface area contributed by atoms with Crippen molar-refractivity contribution >= 4 is 37.6 Å². The second-order valence-electron chi connectivity index (χ2n) is 4.90. The Morgan fingerprint density at radius 2 is 1.80 bits per heavy atom. The number of methoxy groups -OCH3 is 2. The number of anilines is 1. The van der Waals surface area contributed by atoms with E-state index in [4.69, 9.17) is 14.6 Å². The minimum Gasteiger partial charge on any atom is -0.493 e. The van der Waals surface area contributed by atoms with Crippen molar-refractivity contribution in [3.63, 3.8) is 0 Å². The van der Waals surface area contributed by atoms with Gasteiger partial charge in [-0.3, -0.25) is 9.10 Å². The number of carboxylic acid groups (broad SMARTS) is 1. The van der Waals surface area contributed by atoms with Gasteiger partial charge < -0.3 is 14.6 Å². The number of carboxylic acids is 1. The third kappa shape index (κ3) is 4.23. The van der Waals surface area contributed by atoms with Crippen molar-refractivity contribution in [1.29, 1.82) is 0 Å². The zero-order valence-corrected chi connectivity index (χ0v) is 15.9. The number of halogens is 1. The van der Waals surface area contributed by atoms with Crippen LogP contribution in [0.2, 0.25) is 0 Å². The average Bonchev–Trinajstić information content (AvgIpc) is 2.58. The van der Waals surface area contributed by atoms with Gasteiger partial charge in [-0.25, -0.2) is 8.42 Å². The first-order chi connectivity index (χ1) is 11.8. The number of sulfonamides is 1. The van der Waals surface area contributed by atoms with Gasteiger partial charge in [-0.15, -0.1) is 0 Å². The summed E-state index contributed by atoms with van der Waals surface area (Å²) >= 11 is 3.26. The summed E-state index contributed by atoms with van der Waals surface area (Å²) in [6, 6.07) is 10.5. The number of hydrogen-bond donors (Lipinski definition) is 1. The lowest BCUT2D eigenvalue weighted by Crippen LogP contribution is -2.35. The van der Waals surface area contributed by atoms with Crippen molar-refractivity contribution in [1.82, 2.24) is 0 Å². The minimum atomic E-state index is -4.13. The van der Waals surface area contributed by atoms with Gasteiger partial charge in [0.2, 0.25) is 0 Å². The van der Waals surface area contributed by atoms with Crippen LogP contribution < -0.4 is 13.8 Å². The smallest absolute Gasteiger partial charge is 0.324 e. The van der Waals surface area contributed by atoms with E-state index in [2.05, 4.69) is 15.9 Å². The molecule has 9 heteroatoms. The maximum absolute atomic E-state index is 13.0. The highest BCUT2D eigenvalue weighted by molar-refractivity contribution is 9.10. The third-order valence-electron chi connectivity index (χ3n) is 3.32. The van der Waals surface area contributed by atoms with E-state index < -0.39 is 22.5 Å². The molecule has 134 valence electrons. The highest BCUT2D eigenvalue weighted by Crippen LogP contribution is 2.32. The van der Waals surface area contributed by atoms with Gasteiger partial charge in [0.05, 0.1) is 24.8 Å². The Morgan fingerprint density at radius 1 is 1.12 bits per heavy atom. The van der Waals surface area contributed by atoms with Gasteiger partial charge in [0, 0.05) is 10.5 Å². The summed E-state index contributed by atoms with van der Waals surface area (Å²) in [5.74, 6) is -0.675. The average molecular weight is 430 g/mol. The van der Waals surface area contributed by atoms with Crippen LogP contribution in [0.5, 0.6) is 11.5 Å². The van der Waals surface area contributed by atoms with Crippen LogP contribution in [0.3, 0.4) is 0 Å². The molecule has 0 saturated carbocycles. The number of benzene rings is 2. The predicted molar refractivity (Wildman–Crippen MR) is 95.9 cm³/mol. The molecular formula is C16H16BrNO6S. The Kier molecular flexibility index (Phi) is 5.91. The number of hydrogen-bond acceptors (Lipinski definition) is 5. The van der Waals surface area contributed by atoms with Crippen LogP contribution in [-0.4, -0.2) is 40.3 Å². The van der Waals surface area contributed by atoms with Crippen LogP contribution in [0.4, 0.5) is 5.69 Å². The van der Waals surface area contributed by atoms with Crippen LogP contribution in [-0.2, 0) is 14.8 Å². The number of ether oxygens (including phenoxy) is 2. The summed E-state index contributed by atoms with van der Waals surface area (Å²) in [5, 5.41) is 9.15. The normalized spacial score (nSPS) is 11.0. The van der Waals surface area contributed by atoms with Crippen molar-refractivity contribution in [3.8, 4) is 11.5 Å². The minimum absolute atomic E-state index is 0.105. The predicted octanol–water partition coefficient (Wildman–Crippen LogP) is 2.75. The summed E-state index contributed by atoms with van der Waals surface area (Å²) in [6.45, 7) is -0.715. The maximum atomic E-state index is 13.0. The van der Waals surface area contributed by atoms with E-state index in [1.54, 1.807) is 12.1 Å². The van der Waals surface area contributed by atoms with Crippen molar-refractivity contribution in [2.45, 2.75) is 4.90 Å². The first kappa shape index (κ1) is 19.1. The molecule has 2 aromatic carbocycles. The molecule has 25 heavy (non-hydrogen) atoms. The van der Waals surface area contributed by atoms with E-state index in [0.29, 0.717) is 10.2 Å². The molecule has 1 N–H and O–H groups in total. The molecule has 7 nitrogen and oxygen atoms in total. The van der Waals surface area contributed by atoms with Crippen LogP contribution in [0, 0.1) is 0 Å². The summed E-state index contributed by atoms with van der Waals surface area (Å²) in [6.07, 6.45) is 0. The SMILES string of the molecule is COc1ccc(S(=O)(=O)N(CC(=O)O)c2cccc(Br)c2)cc1OC. The van der Waals surface area contributed by atoms with E-state index in [1.807, 2.05) is 0 Å². The first-order valence-electron chi connectivity index (χ1n) is 7.01. The highest BCUT2D eigenvalue weighted by Gasteiger charge is 2.28. The summed E-state index contributed by atoms with van der Waals surface area (Å²) < 4.78 is 37.7. The Labute approximate surface area is 154 Å². The number of nitrogens with zero attached hydrogens (tertiary/aromatic N) is 1. The molecule has 0 aliphatic heterocycles. The molecule has 0 atom stereocenters. The Hall–Kier alpha value is -2.26. The van der Waals surface area contributed by atoms with E-state index in [9.17, 15) is 13.2 Å². The Balaban J connectivity index is 2.57. The fourth-order valence-corrected chi connectivity index (χ4v) is 3.98. The fraction of sp³-hybridized carbons (Fsp3) is 0.188. The van der Waals surface area contributed by atoms with Gasteiger partial charge in [-0.1, -0.05) is 22.0 Å². The molecule has 0 aliphatic rings. The number of rotatable bonds is 7. The summed E-state index contributed by atoms with van der Waals surface area (Å²) in [4.78, 5) is 11.1. The molecule has 0 aromatic heterocycles.